The van der Waals surface area contributed by atoms with Crippen molar-refractivity contribution in [1.82, 2.24) is 0 Å². The summed E-state index contributed by atoms with van der Waals surface area (Å²) in [5.74, 6) is 0. The molecule has 0 radical (unpaired) electrons. The van der Waals surface area contributed by atoms with Gasteiger partial charge in [-0.3, -0.25) is 0 Å². The number of hydrogen-bond acceptors (Lipinski definition) is 4. The third kappa shape index (κ3) is 3.51. The average molecular weight is 406 g/mol. The number of benzene rings is 1. The van der Waals surface area contributed by atoms with Gasteiger partial charge >= 0.3 is 132 Å². The molecule has 1 aliphatic rings. The Morgan fingerprint density at radius 1 is 1.35 bits per heavy atom. The maximum atomic E-state index is 12.2. The molecule has 4 nitrogen and oxygen atoms in total. The Labute approximate surface area is 131 Å². The normalized spacial score (nSPS) is 23.0. The van der Waals surface area contributed by atoms with Crippen LogP contribution in [0.3, 0.4) is 0 Å². The van der Waals surface area contributed by atoms with E-state index in [0.29, 0.717) is 18.4 Å². The van der Waals surface area contributed by atoms with Crippen LogP contribution in [0.1, 0.15) is 18.4 Å². The second-order valence-electron chi connectivity index (χ2n) is 4.68. The molecule has 1 aliphatic carbocycles. The Kier molecular flexibility index (Phi) is 5.04. The fourth-order valence-electron chi connectivity index (χ4n) is 2.00. The van der Waals surface area contributed by atoms with Crippen LogP contribution in [0.25, 0.3) is 0 Å². The minimum absolute atomic E-state index is 0.105. The van der Waals surface area contributed by atoms with Crippen LogP contribution in [-0.2, 0) is 14.3 Å². The zero-order chi connectivity index (χ0) is 14.8. The van der Waals surface area contributed by atoms with Crippen molar-refractivity contribution < 1.29 is 17.7 Å². The van der Waals surface area contributed by atoms with Gasteiger partial charge in [-0.15, -0.1) is 0 Å². The van der Waals surface area contributed by atoms with Crippen LogP contribution < -0.4 is 0 Å². The van der Waals surface area contributed by atoms with Gasteiger partial charge in [-0.2, -0.15) is 0 Å². The van der Waals surface area contributed by atoms with Gasteiger partial charge in [0, 0.05) is 0 Å². The zero-order valence-electron chi connectivity index (χ0n) is 10.9. The second-order valence-corrected chi connectivity index (χ2v) is 6.79. The number of rotatable bonds is 3. The summed E-state index contributed by atoms with van der Waals surface area (Å²) in [7, 11) is -3.86. The van der Waals surface area contributed by atoms with Crippen LogP contribution in [-0.4, -0.2) is 25.7 Å². The number of aryl methyl sites for hydroxylation is 1. The van der Waals surface area contributed by atoms with Crippen LogP contribution in [0.5, 0.6) is 0 Å². The Balaban J connectivity index is 2.19. The van der Waals surface area contributed by atoms with E-state index in [4.69, 9.17) is 4.18 Å². The monoisotopic (exact) mass is 406 g/mol. The van der Waals surface area contributed by atoms with E-state index in [1.807, 2.05) is 34.9 Å². The summed E-state index contributed by atoms with van der Waals surface area (Å²) in [4.78, 5) is 0.105. The van der Waals surface area contributed by atoms with Crippen LogP contribution in [0, 0.1) is 10.7 Å². The third-order valence-electron chi connectivity index (χ3n) is 3.16. The van der Waals surface area contributed by atoms with E-state index in [1.165, 1.54) is 12.1 Å². The Morgan fingerprint density at radius 3 is 2.60 bits per heavy atom. The van der Waals surface area contributed by atoms with Gasteiger partial charge in [-0.1, -0.05) is 0 Å². The average Bonchev–Trinajstić information content (AvgIpc) is 2.41. The minimum atomic E-state index is -3.86. The van der Waals surface area contributed by atoms with Gasteiger partial charge < -0.3 is 0 Å². The van der Waals surface area contributed by atoms with E-state index in [2.05, 4.69) is 3.81 Å². The van der Waals surface area contributed by atoms with Crippen LogP contribution in [0.2, 0.25) is 0 Å². The molecular formula is C14H15IO4S. The van der Waals surface area contributed by atoms with Gasteiger partial charge in [0.2, 0.25) is 0 Å². The molecule has 20 heavy (non-hydrogen) atoms. The van der Waals surface area contributed by atoms with Gasteiger partial charge in [0.05, 0.1) is 0 Å². The first kappa shape index (κ1) is 15.7. The standard InChI is InChI=1S/C14H15IO4S/c1-10-5-7-12(8-6-10)20(17,18)19-13-4-2-3-11(9-15)14(13)16/h3,5-8,13-14,16H,2,4H2,1H3/t13-,14+/m0/s1. The fraction of sp³-hybridized carbons (Fsp3) is 0.357. The van der Waals surface area contributed by atoms with Crippen molar-refractivity contribution in [2.24, 2.45) is 0 Å². The Morgan fingerprint density at radius 2 is 2.00 bits per heavy atom. The van der Waals surface area contributed by atoms with Gasteiger partial charge in [-0.05, 0) is 0 Å². The molecule has 1 aromatic rings. The molecule has 2 rings (SSSR count). The summed E-state index contributed by atoms with van der Waals surface area (Å²) >= 11 is 1.90. The van der Waals surface area contributed by atoms with Crippen molar-refractivity contribution in [3.63, 3.8) is 0 Å². The quantitative estimate of drug-likeness (QED) is 0.619. The number of allylic oxidation sites excluding steroid dienone is 1. The van der Waals surface area contributed by atoms with Crippen molar-refractivity contribution in [2.45, 2.75) is 36.9 Å². The van der Waals surface area contributed by atoms with Crippen LogP contribution in [0.15, 0.2) is 40.8 Å². The fourth-order valence-corrected chi connectivity index (χ4v) is 3.65. The number of aliphatic hydroxyl groups is 1. The summed E-state index contributed by atoms with van der Waals surface area (Å²) in [6, 6.07) is 6.44. The van der Waals surface area contributed by atoms with Gasteiger partial charge in [-0.25, -0.2) is 0 Å². The molecule has 108 valence electrons. The molecular weight excluding hydrogens is 391 g/mol. The topological polar surface area (TPSA) is 63.6 Å². The molecule has 1 N–H and O–H groups in total. The molecule has 0 amide bonds. The van der Waals surface area contributed by atoms with Crippen molar-refractivity contribution in [3.05, 3.63) is 41.5 Å². The molecule has 0 fully saturated rings. The third-order valence-corrected chi connectivity index (χ3v) is 5.13. The van der Waals surface area contributed by atoms with E-state index >= 15 is 0 Å². The predicted molar refractivity (Wildman–Crippen MR) is 84.5 cm³/mol. The van der Waals surface area contributed by atoms with E-state index in [0.717, 1.165) is 5.56 Å². The zero-order valence-corrected chi connectivity index (χ0v) is 13.9. The Bertz CT molecular complexity index is 655. The number of hydrogen-bond donors (Lipinski definition) is 1. The van der Waals surface area contributed by atoms with Crippen molar-refractivity contribution in [3.8, 4) is 3.81 Å². The summed E-state index contributed by atoms with van der Waals surface area (Å²) in [5.41, 5.74) is 1.56. The molecule has 0 heterocycles. The summed E-state index contributed by atoms with van der Waals surface area (Å²) in [6.45, 7) is 1.88. The molecule has 0 aliphatic heterocycles. The van der Waals surface area contributed by atoms with Gasteiger partial charge in [0.25, 0.3) is 0 Å². The molecule has 2 atom stereocenters. The number of halogens is 1. The first-order chi connectivity index (χ1) is 9.44. The second kappa shape index (κ2) is 6.41. The van der Waals surface area contributed by atoms with Crippen LogP contribution >= 0.6 is 21.9 Å². The first-order valence-electron chi connectivity index (χ1n) is 6.19. The first-order valence-corrected chi connectivity index (χ1v) is 8.67. The van der Waals surface area contributed by atoms with Crippen LogP contribution in [0.4, 0.5) is 0 Å². The van der Waals surface area contributed by atoms with Gasteiger partial charge in [0.15, 0.2) is 0 Å². The summed E-state index contributed by atoms with van der Waals surface area (Å²) in [5, 5.41) is 10.1. The maximum absolute atomic E-state index is 12.2. The summed E-state index contributed by atoms with van der Waals surface area (Å²) in [6.07, 6.45) is 1.25. The van der Waals surface area contributed by atoms with Gasteiger partial charge in [0.1, 0.15) is 0 Å². The molecule has 0 saturated heterocycles. The number of aliphatic hydroxyl groups excluding tert-OH is 1. The van der Waals surface area contributed by atoms with Crippen molar-refractivity contribution >= 4 is 32.0 Å². The molecule has 0 unspecified atom stereocenters. The Hall–Kier alpha value is -0.660. The predicted octanol–water partition coefficient (Wildman–Crippen LogP) is 2.54. The van der Waals surface area contributed by atoms with E-state index in [9.17, 15) is 13.5 Å². The van der Waals surface area contributed by atoms with E-state index in [1.54, 1.807) is 12.1 Å². The molecule has 6 heteroatoms. The molecule has 0 bridgehead atoms. The molecule has 0 saturated carbocycles. The van der Waals surface area contributed by atoms with Crippen molar-refractivity contribution in [1.29, 1.82) is 0 Å². The van der Waals surface area contributed by atoms with E-state index < -0.39 is 22.3 Å². The molecule has 0 aromatic heterocycles. The molecule has 0 spiro atoms. The SMILES string of the molecule is Cc1ccc(S(=O)(=O)O[C@H]2CCC=C(C#I)[C@H]2O)cc1. The van der Waals surface area contributed by atoms with Crippen molar-refractivity contribution in [2.75, 3.05) is 0 Å². The van der Waals surface area contributed by atoms with E-state index in [-0.39, 0.29) is 4.90 Å². The summed E-state index contributed by atoms with van der Waals surface area (Å²) < 4.78 is 32.4. The molecule has 1 aromatic carbocycles.